The molecular formula is C10H14N4O2. The standard InChI is InChI=1S/C10H14N4O2/c15-14(16)10-9(4-2-6-12-10)13-8-3-1-5-11-7-8/h2,4,6,8,11,13H,1,3,5,7H2. The first-order chi connectivity index (χ1) is 7.77. The van der Waals surface area contributed by atoms with Crippen LogP contribution in [-0.2, 0) is 0 Å². The monoisotopic (exact) mass is 222 g/mol. The second-order valence-corrected chi connectivity index (χ2v) is 3.82. The lowest BCUT2D eigenvalue weighted by molar-refractivity contribution is -0.388. The molecule has 2 heterocycles. The zero-order valence-electron chi connectivity index (χ0n) is 8.85. The summed E-state index contributed by atoms with van der Waals surface area (Å²) >= 11 is 0. The predicted octanol–water partition coefficient (Wildman–Crippen LogP) is 1.15. The highest BCUT2D eigenvalue weighted by Gasteiger charge is 2.18. The van der Waals surface area contributed by atoms with Gasteiger partial charge >= 0.3 is 5.82 Å². The maximum Gasteiger partial charge on any atom is 0.386 e. The summed E-state index contributed by atoms with van der Waals surface area (Å²) in [6, 6.07) is 3.64. The molecule has 86 valence electrons. The number of hydrogen-bond donors (Lipinski definition) is 2. The highest BCUT2D eigenvalue weighted by atomic mass is 16.6. The molecule has 0 radical (unpaired) electrons. The number of piperidine rings is 1. The van der Waals surface area contributed by atoms with Crippen molar-refractivity contribution in [1.82, 2.24) is 10.3 Å². The van der Waals surface area contributed by atoms with Crippen LogP contribution in [0.1, 0.15) is 12.8 Å². The topological polar surface area (TPSA) is 80.1 Å². The minimum Gasteiger partial charge on any atom is -0.374 e. The molecule has 2 N–H and O–H groups in total. The molecule has 1 aliphatic rings. The van der Waals surface area contributed by atoms with E-state index in [0.717, 1.165) is 25.9 Å². The van der Waals surface area contributed by atoms with Crippen LogP contribution in [0.3, 0.4) is 0 Å². The van der Waals surface area contributed by atoms with Crippen LogP contribution in [0, 0.1) is 10.1 Å². The lowest BCUT2D eigenvalue weighted by Crippen LogP contribution is -2.38. The molecule has 0 aromatic carbocycles. The third-order valence-corrected chi connectivity index (χ3v) is 2.62. The number of pyridine rings is 1. The van der Waals surface area contributed by atoms with Gasteiger partial charge in [-0.15, -0.1) is 0 Å². The Hall–Kier alpha value is -1.69. The zero-order valence-corrected chi connectivity index (χ0v) is 8.85. The average molecular weight is 222 g/mol. The van der Waals surface area contributed by atoms with Gasteiger partial charge in [-0.1, -0.05) is 0 Å². The van der Waals surface area contributed by atoms with E-state index in [9.17, 15) is 10.1 Å². The number of nitro groups is 1. The van der Waals surface area contributed by atoms with E-state index < -0.39 is 4.92 Å². The van der Waals surface area contributed by atoms with Crippen LogP contribution in [0.2, 0.25) is 0 Å². The number of nitrogens with zero attached hydrogens (tertiary/aromatic N) is 2. The molecule has 0 bridgehead atoms. The minimum atomic E-state index is -0.460. The van der Waals surface area contributed by atoms with Crippen molar-refractivity contribution in [2.45, 2.75) is 18.9 Å². The fourth-order valence-electron chi connectivity index (χ4n) is 1.85. The van der Waals surface area contributed by atoms with Crippen molar-refractivity contribution in [3.63, 3.8) is 0 Å². The number of rotatable bonds is 3. The summed E-state index contributed by atoms with van der Waals surface area (Å²) < 4.78 is 0. The first kappa shape index (κ1) is 10.8. The van der Waals surface area contributed by atoms with Gasteiger partial charge in [-0.05, 0) is 41.4 Å². The Balaban J connectivity index is 2.10. The molecule has 1 atom stereocenters. The molecule has 0 aliphatic carbocycles. The van der Waals surface area contributed by atoms with Crippen LogP contribution in [-0.4, -0.2) is 29.0 Å². The van der Waals surface area contributed by atoms with Crippen LogP contribution in [0.15, 0.2) is 18.3 Å². The van der Waals surface area contributed by atoms with E-state index in [1.54, 1.807) is 12.1 Å². The zero-order chi connectivity index (χ0) is 11.4. The lowest BCUT2D eigenvalue weighted by atomic mass is 10.1. The van der Waals surface area contributed by atoms with Crippen molar-refractivity contribution in [3.05, 3.63) is 28.4 Å². The van der Waals surface area contributed by atoms with E-state index in [0.29, 0.717) is 5.69 Å². The van der Waals surface area contributed by atoms with Gasteiger partial charge in [0.25, 0.3) is 0 Å². The van der Waals surface area contributed by atoms with Crippen molar-refractivity contribution in [1.29, 1.82) is 0 Å². The smallest absolute Gasteiger partial charge is 0.374 e. The molecule has 1 aromatic heterocycles. The van der Waals surface area contributed by atoms with Crippen LogP contribution < -0.4 is 10.6 Å². The van der Waals surface area contributed by atoms with Crippen molar-refractivity contribution >= 4 is 11.5 Å². The van der Waals surface area contributed by atoms with Gasteiger partial charge in [0, 0.05) is 12.6 Å². The highest BCUT2D eigenvalue weighted by molar-refractivity contribution is 5.57. The number of hydrogen-bond acceptors (Lipinski definition) is 5. The van der Waals surface area contributed by atoms with E-state index in [1.807, 2.05) is 0 Å². The van der Waals surface area contributed by atoms with Gasteiger partial charge in [-0.3, -0.25) is 0 Å². The molecule has 0 amide bonds. The molecule has 0 saturated carbocycles. The van der Waals surface area contributed by atoms with Crippen molar-refractivity contribution in [2.75, 3.05) is 18.4 Å². The van der Waals surface area contributed by atoms with Gasteiger partial charge in [0.2, 0.25) is 0 Å². The number of nitrogens with one attached hydrogen (secondary N) is 2. The molecule has 6 nitrogen and oxygen atoms in total. The predicted molar refractivity (Wildman–Crippen MR) is 60.4 cm³/mol. The first-order valence-electron chi connectivity index (χ1n) is 5.34. The quantitative estimate of drug-likeness (QED) is 0.592. The summed E-state index contributed by atoms with van der Waals surface area (Å²) in [4.78, 5) is 14.1. The molecular weight excluding hydrogens is 208 g/mol. The molecule has 6 heteroatoms. The van der Waals surface area contributed by atoms with Crippen molar-refractivity contribution < 1.29 is 4.92 Å². The summed E-state index contributed by atoms with van der Waals surface area (Å²) in [6.45, 7) is 1.86. The van der Waals surface area contributed by atoms with E-state index in [2.05, 4.69) is 15.6 Å². The van der Waals surface area contributed by atoms with Crippen molar-refractivity contribution in [2.24, 2.45) is 0 Å². The van der Waals surface area contributed by atoms with E-state index in [1.165, 1.54) is 6.20 Å². The van der Waals surface area contributed by atoms with Gasteiger partial charge in [0.1, 0.15) is 11.9 Å². The van der Waals surface area contributed by atoms with E-state index in [4.69, 9.17) is 0 Å². The van der Waals surface area contributed by atoms with E-state index in [-0.39, 0.29) is 11.9 Å². The van der Waals surface area contributed by atoms with Crippen molar-refractivity contribution in [3.8, 4) is 0 Å². The van der Waals surface area contributed by atoms with Crippen LogP contribution in [0.4, 0.5) is 11.5 Å². The van der Waals surface area contributed by atoms with Crippen LogP contribution in [0.5, 0.6) is 0 Å². The molecule has 1 aliphatic heterocycles. The summed E-state index contributed by atoms with van der Waals surface area (Å²) in [6.07, 6.45) is 3.55. The summed E-state index contributed by atoms with van der Waals surface area (Å²) in [5.74, 6) is -0.104. The Morgan fingerprint density at radius 3 is 3.19 bits per heavy atom. The Morgan fingerprint density at radius 2 is 2.50 bits per heavy atom. The van der Waals surface area contributed by atoms with Gasteiger partial charge in [0.05, 0.1) is 0 Å². The Morgan fingerprint density at radius 1 is 1.62 bits per heavy atom. The second-order valence-electron chi connectivity index (χ2n) is 3.82. The molecule has 0 spiro atoms. The van der Waals surface area contributed by atoms with Crippen LogP contribution >= 0.6 is 0 Å². The van der Waals surface area contributed by atoms with Gasteiger partial charge < -0.3 is 20.7 Å². The average Bonchev–Trinajstić information content (AvgIpc) is 2.31. The van der Waals surface area contributed by atoms with Gasteiger partial charge in [-0.2, -0.15) is 0 Å². The summed E-state index contributed by atoms with van der Waals surface area (Å²) in [7, 11) is 0. The summed E-state index contributed by atoms with van der Waals surface area (Å²) in [5.41, 5.74) is 0.501. The Kier molecular flexibility index (Phi) is 3.31. The van der Waals surface area contributed by atoms with Gasteiger partial charge in [-0.25, -0.2) is 0 Å². The minimum absolute atomic E-state index is 0.104. The SMILES string of the molecule is O=[N+]([O-])c1ncccc1NC1CCCNC1. The molecule has 2 rings (SSSR count). The third kappa shape index (κ3) is 2.46. The third-order valence-electron chi connectivity index (χ3n) is 2.62. The molecule has 1 saturated heterocycles. The lowest BCUT2D eigenvalue weighted by Gasteiger charge is -2.24. The number of anilines is 1. The Bertz CT molecular complexity index is 377. The Labute approximate surface area is 93.2 Å². The normalized spacial score (nSPS) is 20.4. The van der Waals surface area contributed by atoms with Gasteiger partial charge in [0.15, 0.2) is 0 Å². The fourth-order valence-corrected chi connectivity index (χ4v) is 1.85. The second kappa shape index (κ2) is 4.89. The van der Waals surface area contributed by atoms with Crippen LogP contribution in [0.25, 0.3) is 0 Å². The molecule has 1 fully saturated rings. The van der Waals surface area contributed by atoms with E-state index >= 15 is 0 Å². The molecule has 1 aromatic rings. The highest BCUT2D eigenvalue weighted by Crippen LogP contribution is 2.22. The summed E-state index contributed by atoms with van der Waals surface area (Å²) in [5, 5.41) is 17.2. The maximum absolute atomic E-state index is 10.8. The maximum atomic E-state index is 10.8. The largest absolute Gasteiger partial charge is 0.386 e. The fraction of sp³-hybridized carbons (Fsp3) is 0.500. The first-order valence-corrected chi connectivity index (χ1v) is 5.34. The molecule has 16 heavy (non-hydrogen) atoms. The molecule has 1 unspecified atom stereocenters. The number of aromatic nitrogens is 1.